The zero-order valence-corrected chi connectivity index (χ0v) is 15.2. The van der Waals surface area contributed by atoms with Crippen LogP contribution < -0.4 is 0 Å². The first kappa shape index (κ1) is 15.5. The monoisotopic (exact) mass is 302 g/mol. The summed E-state index contributed by atoms with van der Waals surface area (Å²) in [6, 6.07) is 0. The molecular formula is C22H38. The summed E-state index contributed by atoms with van der Waals surface area (Å²) in [4.78, 5) is 0. The first-order valence-electron chi connectivity index (χ1n) is 10.7. The minimum Gasteiger partial charge on any atom is -0.0594 e. The summed E-state index contributed by atoms with van der Waals surface area (Å²) < 4.78 is 0. The van der Waals surface area contributed by atoms with Crippen molar-refractivity contribution < 1.29 is 0 Å². The quantitative estimate of drug-likeness (QED) is 0.524. The molecule has 0 saturated heterocycles. The minimum absolute atomic E-state index is 0.622. The zero-order valence-electron chi connectivity index (χ0n) is 15.2. The Kier molecular flexibility index (Phi) is 4.33. The normalized spacial score (nSPS) is 43.6. The second-order valence-corrected chi connectivity index (χ2v) is 9.97. The van der Waals surface area contributed by atoms with E-state index in [1.165, 1.54) is 38.5 Å². The average molecular weight is 303 g/mol. The van der Waals surface area contributed by atoms with E-state index < -0.39 is 0 Å². The molecule has 4 rings (SSSR count). The molecule has 0 aliphatic heterocycles. The maximum absolute atomic E-state index is 2.68. The molecule has 0 spiro atoms. The lowest BCUT2D eigenvalue weighted by Gasteiger charge is -2.49. The molecule has 0 N–H and O–H groups in total. The molecule has 5 atom stereocenters. The number of hydrogen-bond acceptors (Lipinski definition) is 0. The highest BCUT2D eigenvalue weighted by Crippen LogP contribution is 2.61. The van der Waals surface area contributed by atoms with Crippen molar-refractivity contribution >= 4 is 0 Å². The minimum atomic E-state index is 0.622. The summed E-state index contributed by atoms with van der Waals surface area (Å²) in [7, 11) is 0. The van der Waals surface area contributed by atoms with Crippen molar-refractivity contribution in [2.24, 2.45) is 40.9 Å². The third-order valence-corrected chi connectivity index (χ3v) is 8.83. The third kappa shape index (κ3) is 2.57. The van der Waals surface area contributed by atoms with Crippen molar-refractivity contribution in [2.45, 2.75) is 97.3 Å². The molecule has 0 heteroatoms. The van der Waals surface area contributed by atoms with E-state index in [-0.39, 0.29) is 0 Å². The molecule has 5 unspecified atom stereocenters. The van der Waals surface area contributed by atoms with E-state index in [1.54, 1.807) is 44.9 Å². The van der Waals surface area contributed by atoms with E-state index >= 15 is 0 Å². The lowest BCUT2D eigenvalue weighted by molar-refractivity contribution is -0.00110. The van der Waals surface area contributed by atoms with Crippen LogP contribution in [0.15, 0.2) is 0 Å². The van der Waals surface area contributed by atoms with Gasteiger partial charge in [-0.3, -0.25) is 0 Å². The third-order valence-electron chi connectivity index (χ3n) is 8.83. The number of rotatable bonds is 2. The van der Waals surface area contributed by atoms with Crippen LogP contribution in [0, 0.1) is 40.9 Å². The van der Waals surface area contributed by atoms with Gasteiger partial charge >= 0.3 is 0 Å². The number of fused-ring (bicyclic) bond motifs is 3. The molecule has 0 aromatic carbocycles. The van der Waals surface area contributed by atoms with Gasteiger partial charge in [-0.1, -0.05) is 58.8 Å². The maximum Gasteiger partial charge on any atom is -0.0295 e. The number of hydrogen-bond donors (Lipinski definition) is 0. The highest BCUT2D eigenvalue weighted by molar-refractivity contribution is 5.01. The summed E-state index contributed by atoms with van der Waals surface area (Å²) >= 11 is 0. The van der Waals surface area contributed by atoms with Crippen LogP contribution in [0.5, 0.6) is 0 Å². The Morgan fingerprint density at radius 2 is 1.27 bits per heavy atom. The lowest BCUT2D eigenvalue weighted by atomic mass is 9.56. The molecule has 0 radical (unpaired) electrons. The fraction of sp³-hybridized carbons (Fsp3) is 1.00. The van der Waals surface area contributed by atoms with Gasteiger partial charge in [0.1, 0.15) is 0 Å². The summed E-state index contributed by atoms with van der Waals surface area (Å²) in [5.74, 6) is 6.61. The SMILES string of the molecule is CC(C)(C1CCCCC1)C1CCCC2C3CCCCC3CC21. The van der Waals surface area contributed by atoms with Crippen LogP contribution in [-0.4, -0.2) is 0 Å². The predicted octanol–water partition coefficient (Wildman–Crippen LogP) is 6.84. The first-order valence-corrected chi connectivity index (χ1v) is 10.7. The van der Waals surface area contributed by atoms with Crippen molar-refractivity contribution in [3.05, 3.63) is 0 Å². The van der Waals surface area contributed by atoms with Crippen LogP contribution in [-0.2, 0) is 0 Å². The molecule has 0 aromatic rings. The fourth-order valence-electron chi connectivity index (χ4n) is 7.69. The van der Waals surface area contributed by atoms with Gasteiger partial charge in [-0.25, -0.2) is 0 Å². The van der Waals surface area contributed by atoms with Crippen molar-refractivity contribution in [1.82, 2.24) is 0 Å². The average Bonchev–Trinajstić information content (AvgIpc) is 2.94. The fourth-order valence-corrected chi connectivity index (χ4v) is 7.69. The molecule has 0 nitrogen and oxygen atoms in total. The Morgan fingerprint density at radius 1 is 0.591 bits per heavy atom. The van der Waals surface area contributed by atoms with Crippen LogP contribution in [0.2, 0.25) is 0 Å². The Bertz CT molecular complexity index is 375. The summed E-state index contributed by atoms with van der Waals surface area (Å²) in [5, 5.41) is 0. The Hall–Kier alpha value is 0. The van der Waals surface area contributed by atoms with Gasteiger partial charge < -0.3 is 0 Å². The lowest BCUT2D eigenvalue weighted by Crippen LogP contribution is -2.41. The molecule has 22 heavy (non-hydrogen) atoms. The van der Waals surface area contributed by atoms with Crippen LogP contribution in [0.3, 0.4) is 0 Å². The second kappa shape index (κ2) is 6.14. The van der Waals surface area contributed by atoms with E-state index in [0.717, 1.165) is 35.5 Å². The second-order valence-electron chi connectivity index (χ2n) is 9.97. The van der Waals surface area contributed by atoms with Crippen LogP contribution in [0.1, 0.15) is 97.3 Å². The van der Waals surface area contributed by atoms with Crippen LogP contribution >= 0.6 is 0 Å². The van der Waals surface area contributed by atoms with Gasteiger partial charge in [0.25, 0.3) is 0 Å². The Morgan fingerprint density at radius 3 is 2.09 bits per heavy atom. The molecule has 0 heterocycles. The molecule has 126 valence electrons. The topological polar surface area (TPSA) is 0 Å². The van der Waals surface area contributed by atoms with Gasteiger partial charge in [-0.05, 0) is 79.4 Å². The molecule has 0 amide bonds. The van der Waals surface area contributed by atoms with Crippen molar-refractivity contribution in [3.63, 3.8) is 0 Å². The van der Waals surface area contributed by atoms with Gasteiger partial charge in [-0.2, -0.15) is 0 Å². The van der Waals surface area contributed by atoms with Gasteiger partial charge in [0.05, 0.1) is 0 Å². The van der Waals surface area contributed by atoms with Gasteiger partial charge in [0.15, 0.2) is 0 Å². The highest BCUT2D eigenvalue weighted by atomic mass is 14.6. The Labute approximate surface area is 138 Å². The summed E-state index contributed by atoms with van der Waals surface area (Å²) in [6.07, 6.45) is 20.2. The van der Waals surface area contributed by atoms with Gasteiger partial charge in [0, 0.05) is 0 Å². The van der Waals surface area contributed by atoms with Crippen LogP contribution in [0.25, 0.3) is 0 Å². The van der Waals surface area contributed by atoms with Crippen molar-refractivity contribution in [1.29, 1.82) is 0 Å². The maximum atomic E-state index is 2.68. The molecule has 4 saturated carbocycles. The molecule has 4 aliphatic carbocycles. The van der Waals surface area contributed by atoms with Crippen molar-refractivity contribution in [2.75, 3.05) is 0 Å². The largest absolute Gasteiger partial charge is 0.0594 e. The molecular weight excluding hydrogens is 264 g/mol. The molecule has 4 fully saturated rings. The zero-order chi connectivity index (χ0) is 15.2. The van der Waals surface area contributed by atoms with Gasteiger partial charge in [-0.15, -0.1) is 0 Å². The summed E-state index contributed by atoms with van der Waals surface area (Å²) in [6.45, 7) is 5.36. The first-order chi connectivity index (χ1) is 10.7. The van der Waals surface area contributed by atoms with E-state index in [0.29, 0.717) is 5.41 Å². The van der Waals surface area contributed by atoms with E-state index in [4.69, 9.17) is 0 Å². The van der Waals surface area contributed by atoms with Crippen LogP contribution in [0.4, 0.5) is 0 Å². The summed E-state index contributed by atoms with van der Waals surface area (Å²) in [5.41, 5.74) is 0.622. The van der Waals surface area contributed by atoms with E-state index in [9.17, 15) is 0 Å². The Balaban J connectivity index is 1.53. The smallest absolute Gasteiger partial charge is 0.0295 e. The highest BCUT2D eigenvalue weighted by Gasteiger charge is 2.52. The van der Waals surface area contributed by atoms with E-state index in [1.807, 2.05) is 0 Å². The molecule has 0 aromatic heterocycles. The predicted molar refractivity (Wildman–Crippen MR) is 94.7 cm³/mol. The molecule has 0 bridgehead atoms. The standard InChI is InChI=1S/C22H38/c1-22(2,17-10-4-3-5-11-17)21-14-8-13-19-18-12-7-6-9-16(18)15-20(19)21/h16-21H,3-15H2,1-2H3. The molecule has 4 aliphatic rings. The van der Waals surface area contributed by atoms with Crippen molar-refractivity contribution in [3.8, 4) is 0 Å². The van der Waals surface area contributed by atoms with E-state index in [2.05, 4.69) is 13.8 Å². The van der Waals surface area contributed by atoms with Gasteiger partial charge in [0.2, 0.25) is 0 Å².